The Labute approximate surface area is 83.4 Å². The van der Waals surface area contributed by atoms with E-state index < -0.39 is 0 Å². The second-order valence-corrected chi connectivity index (χ2v) is 2.79. The monoisotopic (exact) mass is 197 g/mol. The van der Waals surface area contributed by atoms with Crippen LogP contribution >= 0.6 is 0 Å². The third-order valence-electron chi connectivity index (χ3n) is 1.96. The van der Waals surface area contributed by atoms with Gasteiger partial charge in [0.25, 0.3) is 0 Å². The summed E-state index contributed by atoms with van der Waals surface area (Å²) in [6.07, 6.45) is 0. The number of hydroxylamine groups is 1. The van der Waals surface area contributed by atoms with E-state index in [-0.39, 0.29) is 6.61 Å². The Bertz CT molecular complexity index is 289. The number of methoxy groups -OCH3 is 1. The minimum Gasteiger partial charge on any atom is -0.496 e. The van der Waals surface area contributed by atoms with Crippen molar-refractivity contribution in [1.29, 1.82) is 0 Å². The van der Waals surface area contributed by atoms with Crippen LogP contribution in [0.25, 0.3) is 0 Å². The quantitative estimate of drug-likeness (QED) is 0.687. The maximum absolute atomic E-state index is 9.07. The van der Waals surface area contributed by atoms with Crippen LogP contribution in [0.5, 0.6) is 5.75 Å². The highest BCUT2D eigenvalue weighted by atomic mass is 16.6. The van der Waals surface area contributed by atoms with Crippen LogP contribution in [0.1, 0.15) is 11.1 Å². The molecule has 0 saturated heterocycles. The van der Waals surface area contributed by atoms with Crippen LogP contribution in [-0.4, -0.2) is 19.3 Å². The first-order valence-corrected chi connectivity index (χ1v) is 4.35. The zero-order valence-electron chi connectivity index (χ0n) is 8.41. The molecular formula is C10H15NO3. The first kappa shape index (κ1) is 11.0. The van der Waals surface area contributed by atoms with Gasteiger partial charge in [-0.25, -0.2) is 0 Å². The van der Waals surface area contributed by atoms with E-state index in [2.05, 4.69) is 5.48 Å². The number of hydrogen-bond donors (Lipinski definition) is 2. The van der Waals surface area contributed by atoms with Crippen LogP contribution in [-0.2, 0) is 18.0 Å². The summed E-state index contributed by atoms with van der Waals surface area (Å²) in [5.74, 6) is 0.708. The number of rotatable bonds is 5. The van der Waals surface area contributed by atoms with Crippen LogP contribution in [0.4, 0.5) is 0 Å². The van der Waals surface area contributed by atoms with Gasteiger partial charge < -0.3 is 14.7 Å². The van der Waals surface area contributed by atoms with E-state index >= 15 is 0 Å². The number of hydrogen-bond acceptors (Lipinski definition) is 4. The molecule has 0 saturated carbocycles. The van der Waals surface area contributed by atoms with Gasteiger partial charge in [-0.05, 0) is 0 Å². The maximum atomic E-state index is 9.07. The predicted octanol–water partition coefficient (Wildman–Crippen LogP) is 0.838. The summed E-state index contributed by atoms with van der Waals surface area (Å²) in [5, 5.41) is 9.07. The fraction of sp³-hybridized carbons (Fsp3) is 0.400. The molecule has 4 heteroatoms. The third-order valence-corrected chi connectivity index (χ3v) is 1.96. The summed E-state index contributed by atoms with van der Waals surface area (Å²) in [5.41, 5.74) is 4.47. The van der Waals surface area contributed by atoms with E-state index in [1.54, 1.807) is 14.2 Å². The lowest BCUT2D eigenvalue weighted by molar-refractivity contribution is 0.0860. The molecule has 0 heterocycles. The first-order chi connectivity index (χ1) is 6.83. The Morgan fingerprint density at radius 2 is 2.00 bits per heavy atom. The fourth-order valence-corrected chi connectivity index (χ4v) is 1.31. The highest BCUT2D eigenvalue weighted by Crippen LogP contribution is 2.23. The van der Waals surface area contributed by atoms with Crippen molar-refractivity contribution in [2.24, 2.45) is 0 Å². The highest BCUT2D eigenvalue weighted by Gasteiger charge is 2.07. The second-order valence-electron chi connectivity index (χ2n) is 2.79. The zero-order valence-corrected chi connectivity index (χ0v) is 8.41. The lowest BCUT2D eigenvalue weighted by Gasteiger charge is -2.11. The smallest absolute Gasteiger partial charge is 0.128 e. The molecule has 0 radical (unpaired) electrons. The largest absolute Gasteiger partial charge is 0.496 e. The molecule has 0 unspecified atom stereocenters. The number of aliphatic hydroxyl groups excluding tert-OH is 1. The van der Waals surface area contributed by atoms with Gasteiger partial charge in [-0.1, -0.05) is 18.2 Å². The van der Waals surface area contributed by atoms with Crippen molar-refractivity contribution in [3.8, 4) is 5.75 Å². The molecule has 0 spiro atoms. The minimum absolute atomic E-state index is 0.0238. The molecule has 2 N–H and O–H groups in total. The van der Waals surface area contributed by atoms with Crippen molar-refractivity contribution in [3.05, 3.63) is 29.3 Å². The summed E-state index contributed by atoms with van der Waals surface area (Å²) in [6, 6.07) is 5.62. The van der Waals surface area contributed by atoms with Gasteiger partial charge in [-0.3, -0.25) is 0 Å². The fourth-order valence-electron chi connectivity index (χ4n) is 1.31. The van der Waals surface area contributed by atoms with Crippen molar-refractivity contribution >= 4 is 0 Å². The van der Waals surface area contributed by atoms with Crippen LogP contribution in [0.15, 0.2) is 18.2 Å². The van der Waals surface area contributed by atoms with Crippen molar-refractivity contribution in [1.82, 2.24) is 5.48 Å². The Morgan fingerprint density at radius 3 is 2.57 bits per heavy atom. The van der Waals surface area contributed by atoms with Gasteiger partial charge in [0.2, 0.25) is 0 Å². The lowest BCUT2D eigenvalue weighted by Crippen LogP contribution is -2.12. The Balaban J connectivity index is 2.90. The summed E-state index contributed by atoms with van der Waals surface area (Å²) < 4.78 is 5.21. The number of nitrogens with one attached hydrogen (secondary N) is 1. The molecule has 0 aromatic heterocycles. The average molecular weight is 197 g/mol. The highest BCUT2D eigenvalue weighted by molar-refractivity contribution is 5.41. The third kappa shape index (κ3) is 2.45. The van der Waals surface area contributed by atoms with Crippen LogP contribution in [0.3, 0.4) is 0 Å². The average Bonchev–Trinajstić information content (AvgIpc) is 2.25. The zero-order chi connectivity index (χ0) is 10.4. The number of para-hydroxylation sites is 1. The molecule has 0 amide bonds. The normalized spacial score (nSPS) is 10.2. The van der Waals surface area contributed by atoms with Gasteiger partial charge in [0.1, 0.15) is 5.75 Å². The molecule has 1 aromatic carbocycles. The van der Waals surface area contributed by atoms with Crippen LogP contribution < -0.4 is 10.2 Å². The molecule has 0 atom stereocenters. The second kappa shape index (κ2) is 5.59. The molecule has 1 aromatic rings. The topological polar surface area (TPSA) is 50.7 Å². The number of ether oxygens (including phenoxy) is 1. The Hall–Kier alpha value is -1.10. The lowest BCUT2D eigenvalue weighted by atomic mass is 10.1. The Morgan fingerprint density at radius 1 is 1.29 bits per heavy atom. The van der Waals surface area contributed by atoms with E-state index in [0.29, 0.717) is 12.3 Å². The molecule has 0 fully saturated rings. The van der Waals surface area contributed by atoms with E-state index in [1.165, 1.54) is 0 Å². The molecule has 14 heavy (non-hydrogen) atoms. The standard InChI is InChI=1S/C10H15NO3/c1-13-10-8(6-11-14-2)4-3-5-9(10)7-12/h3-5,11-12H,6-7H2,1-2H3. The molecular weight excluding hydrogens is 182 g/mol. The maximum Gasteiger partial charge on any atom is 0.128 e. The van der Waals surface area contributed by atoms with Crippen molar-refractivity contribution in [2.45, 2.75) is 13.2 Å². The van der Waals surface area contributed by atoms with Crippen LogP contribution in [0, 0.1) is 0 Å². The first-order valence-electron chi connectivity index (χ1n) is 4.35. The van der Waals surface area contributed by atoms with Gasteiger partial charge in [-0.15, -0.1) is 0 Å². The van der Waals surface area contributed by atoms with Gasteiger partial charge in [0.05, 0.1) is 20.8 Å². The van der Waals surface area contributed by atoms with E-state index in [9.17, 15) is 0 Å². The van der Waals surface area contributed by atoms with Crippen molar-refractivity contribution in [3.63, 3.8) is 0 Å². The number of aliphatic hydroxyl groups is 1. The molecule has 0 bridgehead atoms. The SMILES string of the molecule is CONCc1cccc(CO)c1OC. The van der Waals surface area contributed by atoms with Gasteiger partial charge in [0.15, 0.2) is 0 Å². The molecule has 0 aliphatic rings. The van der Waals surface area contributed by atoms with E-state index in [0.717, 1.165) is 11.1 Å². The summed E-state index contributed by atoms with van der Waals surface area (Å²) in [6.45, 7) is 0.525. The van der Waals surface area contributed by atoms with E-state index in [4.69, 9.17) is 14.7 Å². The minimum atomic E-state index is -0.0238. The summed E-state index contributed by atoms with van der Waals surface area (Å²) in [4.78, 5) is 4.75. The summed E-state index contributed by atoms with van der Waals surface area (Å²) >= 11 is 0. The molecule has 78 valence electrons. The Kier molecular flexibility index (Phi) is 4.39. The van der Waals surface area contributed by atoms with Gasteiger partial charge in [0, 0.05) is 17.7 Å². The van der Waals surface area contributed by atoms with Crippen molar-refractivity contribution < 1.29 is 14.7 Å². The van der Waals surface area contributed by atoms with Crippen LogP contribution in [0.2, 0.25) is 0 Å². The molecule has 0 aliphatic carbocycles. The molecule has 0 aliphatic heterocycles. The van der Waals surface area contributed by atoms with Gasteiger partial charge in [-0.2, -0.15) is 5.48 Å². The van der Waals surface area contributed by atoms with Gasteiger partial charge >= 0.3 is 0 Å². The number of benzene rings is 1. The predicted molar refractivity (Wildman–Crippen MR) is 52.8 cm³/mol. The molecule has 1 rings (SSSR count). The van der Waals surface area contributed by atoms with E-state index in [1.807, 2.05) is 18.2 Å². The molecule has 4 nitrogen and oxygen atoms in total. The van der Waals surface area contributed by atoms with Crippen molar-refractivity contribution in [2.75, 3.05) is 14.2 Å². The summed E-state index contributed by atoms with van der Waals surface area (Å²) in [7, 11) is 3.15.